The largest absolute Gasteiger partial charge is 0.497 e. The monoisotopic (exact) mass is 164 g/mol. The van der Waals surface area contributed by atoms with E-state index in [9.17, 15) is 0 Å². The summed E-state index contributed by atoms with van der Waals surface area (Å²) in [6, 6.07) is 8.12. The molecule has 0 aromatic heterocycles. The molecule has 1 aliphatic rings. The van der Waals surface area contributed by atoms with Crippen molar-refractivity contribution in [2.45, 2.75) is 12.5 Å². The Hall–Kier alpha value is -1.02. The molecule has 1 fully saturated rings. The maximum absolute atomic E-state index is 5.15. The van der Waals surface area contributed by atoms with Crippen LogP contribution in [0.4, 0.5) is 0 Å². The average Bonchev–Trinajstić information content (AvgIpc) is 2.89. The normalized spacial score (nSPS) is 20.6. The van der Waals surface area contributed by atoms with Gasteiger partial charge in [-0.25, -0.2) is 0 Å². The highest BCUT2D eigenvalue weighted by molar-refractivity contribution is 5.29. The number of methoxy groups -OCH3 is 1. The van der Waals surface area contributed by atoms with E-state index in [4.69, 9.17) is 9.47 Å². The van der Waals surface area contributed by atoms with Crippen LogP contribution in [0.2, 0.25) is 0 Å². The van der Waals surface area contributed by atoms with Gasteiger partial charge in [0.1, 0.15) is 5.75 Å². The molecule has 1 aliphatic heterocycles. The Labute approximate surface area is 72.1 Å². The van der Waals surface area contributed by atoms with E-state index in [1.807, 2.05) is 12.1 Å². The number of benzene rings is 1. The van der Waals surface area contributed by atoms with Gasteiger partial charge in [-0.3, -0.25) is 0 Å². The summed E-state index contributed by atoms with van der Waals surface area (Å²) in [5.41, 5.74) is 1.29. The predicted octanol–water partition coefficient (Wildman–Crippen LogP) is 1.64. The van der Waals surface area contributed by atoms with E-state index >= 15 is 0 Å². The second-order valence-corrected chi connectivity index (χ2v) is 3.01. The van der Waals surface area contributed by atoms with Gasteiger partial charge in [0.15, 0.2) is 0 Å². The third-order valence-electron chi connectivity index (χ3n) is 2.00. The number of ether oxygens (including phenoxy) is 2. The van der Waals surface area contributed by atoms with E-state index < -0.39 is 0 Å². The smallest absolute Gasteiger partial charge is 0.119 e. The molecule has 0 spiro atoms. The van der Waals surface area contributed by atoms with Crippen LogP contribution in [0, 0.1) is 0 Å². The van der Waals surface area contributed by atoms with Crippen molar-refractivity contribution < 1.29 is 9.47 Å². The molecule has 0 amide bonds. The first-order valence-corrected chi connectivity index (χ1v) is 4.13. The minimum Gasteiger partial charge on any atom is -0.497 e. The van der Waals surface area contributed by atoms with Crippen molar-refractivity contribution in [1.29, 1.82) is 0 Å². The van der Waals surface area contributed by atoms with Gasteiger partial charge in [0.2, 0.25) is 0 Å². The highest BCUT2D eigenvalue weighted by Crippen LogP contribution is 2.19. The molecule has 2 heteroatoms. The van der Waals surface area contributed by atoms with Gasteiger partial charge >= 0.3 is 0 Å². The molecule has 0 N–H and O–H groups in total. The predicted molar refractivity (Wildman–Crippen MR) is 46.4 cm³/mol. The lowest BCUT2D eigenvalue weighted by Gasteiger charge is -2.01. The van der Waals surface area contributed by atoms with Crippen molar-refractivity contribution in [3.63, 3.8) is 0 Å². The molecule has 2 nitrogen and oxygen atoms in total. The lowest BCUT2D eigenvalue weighted by atomic mass is 10.1. The summed E-state index contributed by atoms with van der Waals surface area (Å²) in [5, 5.41) is 0. The molecule has 1 aromatic carbocycles. The van der Waals surface area contributed by atoms with Crippen molar-refractivity contribution in [1.82, 2.24) is 0 Å². The second kappa shape index (κ2) is 3.15. The average molecular weight is 164 g/mol. The Bertz CT molecular complexity index is 266. The summed E-state index contributed by atoms with van der Waals surface area (Å²) in [7, 11) is 1.69. The summed E-state index contributed by atoms with van der Waals surface area (Å²) in [6.07, 6.45) is 1.47. The third-order valence-corrected chi connectivity index (χ3v) is 2.00. The SMILES string of the molecule is COc1cccc(C[C@@H]2CO2)c1. The van der Waals surface area contributed by atoms with Crippen molar-refractivity contribution in [3.8, 4) is 5.75 Å². The molecule has 12 heavy (non-hydrogen) atoms. The lowest BCUT2D eigenvalue weighted by molar-refractivity contribution is 0.404. The van der Waals surface area contributed by atoms with E-state index in [0.717, 1.165) is 18.8 Å². The number of hydrogen-bond acceptors (Lipinski definition) is 2. The van der Waals surface area contributed by atoms with Crippen LogP contribution in [-0.2, 0) is 11.2 Å². The summed E-state index contributed by atoms with van der Waals surface area (Å²) >= 11 is 0. The van der Waals surface area contributed by atoms with E-state index in [2.05, 4.69) is 12.1 Å². The zero-order valence-corrected chi connectivity index (χ0v) is 7.12. The quantitative estimate of drug-likeness (QED) is 0.633. The molecular formula is C10H12O2. The van der Waals surface area contributed by atoms with E-state index in [1.54, 1.807) is 7.11 Å². The van der Waals surface area contributed by atoms with Crippen LogP contribution in [0.25, 0.3) is 0 Å². The van der Waals surface area contributed by atoms with E-state index in [0.29, 0.717) is 6.10 Å². The Morgan fingerprint density at radius 1 is 1.58 bits per heavy atom. The summed E-state index contributed by atoms with van der Waals surface area (Å²) in [4.78, 5) is 0. The molecule has 2 rings (SSSR count). The fourth-order valence-electron chi connectivity index (χ4n) is 1.25. The van der Waals surface area contributed by atoms with Crippen molar-refractivity contribution in [3.05, 3.63) is 29.8 Å². The fourth-order valence-corrected chi connectivity index (χ4v) is 1.25. The summed E-state index contributed by atoms with van der Waals surface area (Å²) in [6.45, 7) is 0.914. The maximum atomic E-state index is 5.15. The zero-order chi connectivity index (χ0) is 8.39. The topological polar surface area (TPSA) is 21.8 Å². The van der Waals surface area contributed by atoms with Gasteiger partial charge in [-0.05, 0) is 17.7 Å². The highest BCUT2D eigenvalue weighted by atomic mass is 16.6. The van der Waals surface area contributed by atoms with Crippen LogP contribution in [0.1, 0.15) is 5.56 Å². The van der Waals surface area contributed by atoms with Crippen LogP contribution in [0.5, 0.6) is 5.75 Å². The highest BCUT2D eigenvalue weighted by Gasteiger charge is 2.22. The molecule has 0 saturated carbocycles. The van der Waals surface area contributed by atoms with Crippen molar-refractivity contribution >= 4 is 0 Å². The van der Waals surface area contributed by atoms with Crippen LogP contribution in [0.3, 0.4) is 0 Å². The van der Waals surface area contributed by atoms with Gasteiger partial charge in [0.05, 0.1) is 19.8 Å². The fraction of sp³-hybridized carbons (Fsp3) is 0.400. The van der Waals surface area contributed by atoms with Gasteiger partial charge in [0.25, 0.3) is 0 Å². The standard InChI is InChI=1S/C10H12O2/c1-11-9-4-2-3-8(5-9)6-10-7-12-10/h2-5,10H,6-7H2,1H3/t10-/m1/s1. The van der Waals surface area contributed by atoms with Gasteiger partial charge in [-0.15, -0.1) is 0 Å². The number of epoxide rings is 1. The number of rotatable bonds is 3. The molecule has 1 heterocycles. The van der Waals surface area contributed by atoms with Gasteiger partial charge in [0, 0.05) is 6.42 Å². The van der Waals surface area contributed by atoms with Crippen molar-refractivity contribution in [2.24, 2.45) is 0 Å². The molecule has 1 atom stereocenters. The zero-order valence-electron chi connectivity index (χ0n) is 7.12. The van der Waals surface area contributed by atoms with Crippen molar-refractivity contribution in [2.75, 3.05) is 13.7 Å². The summed E-state index contributed by atoms with van der Waals surface area (Å²) < 4.78 is 10.3. The van der Waals surface area contributed by atoms with E-state index in [1.165, 1.54) is 5.56 Å². The van der Waals surface area contributed by atoms with Crippen LogP contribution in [0.15, 0.2) is 24.3 Å². The molecule has 1 saturated heterocycles. The Morgan fingerprint density at radius 3 is 3.08 bits per heavy atom. The first-order chi connectivity index (χ1) is 5.88. The van der Waals surface area contributed by atoms with Gasteiger partial charge < -0.3 is 9.47 Å². The maximum Gasteiger partial charge on any atom is 0.119 e. The number of hydrogen-bond donors (Lipinski definition) is 0. The molecular weight excluding hydrogens is 152 g/mol. The molecule has 0 bridgehead atoms. The first kappa shape index (κ1) is 7.62. The van der Waals surface area contributed by atoms with Gasteiger partial charge in [-0.2, -0.15) is 0 Å². The molecule has 0 aliphatic carbocycles. The molecule has 0 radical (unpaired) electrons. The first-order valence-electron chi connectivity index (χ1n) is 4.13. The third kappa shape index (κ3) is 1.77. The minimum absolute atomic E-state index is 0.456. The summed E-state index contributed by atoms with van der Waals surface area (Å²) in [5.74, 6) is 0.924. The molecule has 1 aromatic rings. The van der Waals surface area contributed by atoms with Crippen LogP contribution >= 0.6 is 0 Å². The Balaban J connectivity index is 2.08. The molecule has 64 valence electrons. The Morgan fingerprint density at radius 2 is 2.42 bits per heavy atom. The second-order valence-electron chi connectivity index (χ2n) is 3.01. The van der Waals surface area contributed by atoms with E-state index in [-0.39, 0.29) is 0 Å². The van der Waals surface area contributed by atoms with Crippen LogP contribution in [-0.4, -0.2) is 19.8 Å². The minimum atomic E-state index is 0.456. The Kier molecular flexibility index (Phi) is 2.00. The van der Waals surface area contributed by atoms with Crippen LogP contribution < -0.4 is 4.74 Å². The molecule has 0 unspecified atom stereocenters. The lowest BCUT2D eigenvalue weighted by Crippen LogP contribution is -1.93. The van der Waals surface area contributed by atoms with Gasteiger partial charge in [-0.1, -0.05) is 12.1 Å².